The lowest BCUT2D eigenvalue weighted by atomic mass is 9.96. The topological polar surface area (TPSA) is 91.7 Å². The van der Waals surface area contributed by atoms with Crippen molar-refractivity contribution < 1.29 is 18.8 Å². The number of rotatable bonds is 9. The average Bonchev–Trinajstić information content (AvgIpc) is 3.37. The first kappa shape index (κ1) is 28.0. The third-order valence-electron chi connectivity index (χ3n) is 5.71. The van der Waals surface area contributed by atoms with Crippen molar-refractivity contribution >= 4 is 29.3 Å². The van der Waals surface area contributed by atoms with E-state index in [-0.39, 0.29) is 24.8 Å². The molecule has 0 unspecified atom stereocenters. The second-order valence-corrected chi connectivity index (χ2v) is 10.7. The summed E-state index contributed by atoms with van der Waals surface area (Å²) >= 11 is 6.06. The van der Waals surface area contributed by atoms with Gasteiger partial charge in [0.05, 0.1) is 12.8 Å². The van der Waals surface area contributed by atoms with Crippen LogP contribution in [-0.2, 0) is 16.1 Å². The van der Waals surface area contributed by atoms with E-state index >= 15 is 0 Å². The van der Waals surface area contributed by atoms with E-state index < -0.39 is 23.4 Å². The van der Waals surface area contributed by atoms with Gasteiger partial charge in [0.15, 0.2) is 5.76 Å². The highest BCUT2D eigenvalue weighted by atomic mass is 35.5. The fraction of sp³-hybridized carbons (Fsp3) is 0.345. The van der Waals surface area contributed by atoms with Crippen molar-refractivity contribution in [1.82, 2.24) is 15.5 Å². The van der Waals surface area contributed by atoms with Crippen molar-refractivity contribution in [3.05, 3.63) is 94.4 Å². The Morgan fingerprint density at radius 2 is 1.57 bits per heavy atom. The van der Waals surface area contributed by atoms with Crippen LogP contribution < -0.4 is 10.6 Å². The van der Waals surface area contributed by atoms with Crippen LogP contribution in [0, 0.1) is 0 Å². The monoisotopic (exact) mass is 523 g/mol. The molecule has 0 aliphatic carbocycles. The van der Waals surface area contributed by atoms with Gasteiger partial charge >= 0.3 is 0 Å². The Hall–Kier alpha value is -3.58. The molecular weight excluding hydrogens is 490 g/mol. The van der Waals surface area contributed by atoms with Crippen molar-refractivity contribution in [2.45, 2.75) is 58.7 Å². The molecule has 196 valence electrons. The Labute approximate surface area is 223 Å². The summed E-state index contributed by atoms with van der Waals surface area (Å²) in [5, 5.41) is 6.19. The zero-order valence-electron chi connectivity index (χ0n) is 21.9. The molecule has 0 saturated heterocycles. The van der Waals surface area contributed by atoms with E-state index in [4.69, 9.17) is 16.0 Å². The molecule has 1 atom stereocenters. The number of hydrogen-bond donors (Lipinski definition) is 2. The third-order valence-corrected chi connectivity index (χ3v) is 5.96. The van der Waals surface area contributed by atoms with E-state index in [0.717, 1.165) is 11.1 Å². The van der Waals surface area contributed by atoms with Gasteiger partial charge in [0.1, 0.15) is 6.04 Å². The van der Waals surface area contributed by atoms with Crippen LogP contribution in [0.3, 0.4) is 0 Å². The number of halogens is 1. The van der Waals surface area contributed by atoms with Gasteiger partial charge in [0.2, 0.25) is 11.8 Å². The van der Waals surface area contributed by atoms with Gasteiger partial charge in [-0.25, -0.2) is 0 Å². The van der Waals surface area contributed by atoms with Crippen molar-refractivity contribution in [1.29, 1.82) is 0 Å². The van der Waals surface area contributed by atoms with Crippen LogP contribution in [0.5, 0.6) is 0 Å². The first-order valence-electron chi connectivity index (χ1n) is 12.2. The van der Waals surface area contributed by atoms with Crippen LogP contribution in [0.15, 0.2) is 71.3 Å². The van der Waals surface area contributed by atoms with Gasteiger partial charge in [-0.3, -0.25) is 14.4 Å². The van der Waals surface area contributed by atoms with Gasteiger partial charge < -0.3 is 20.0 Å². The van der Waals surface area contributed by atoms with Crippen LogP contribution in [-0.4, -0.2) is 34.7 Å². The van der Waals surface area contributed by atoms with E-state index in [9.17, 15) is 14.4 Å². The van der Waals surface area contributed by atoms with Gasteiger partial charge in [-0.15, -0.1) is 0 Å². The molecule has 8 heteroatoms. The quantitative estimate of drug-likeness (QED) is 0.389. The summed E-state index contributed by atoms with van der Waals surface area (Å²) in [7, 11) is 0. The smallest absolute Gasteiger partial charge is 0.287 e. The molecule has 0 radical (unpaired) electrons. The van der Waals surface area contributed by atoms with Gasteiger partial charge in [-0.1, -0.05) is 61.8 Å². The number of furan rings is 1. The highest BCUT2D eigenvalue weighted by Gasteiger charge is 2.33. The predicted octanol–water partition coefficient (Wildman–Crippen LogP) is 5.47. The number of benzene rings is 2. The maximum Gasteiger partial charge on any atom is 0.287 e. The lowest BCUT2D eigenvalue weighted by molar-refractivity contribution is -0.141. The molecule has 2 N–H and O–H groups in total. The molecule has 3 amide bonds. The predicted molar refractivity (Wildman–Crippen MR) is 144 cm³/mol. The minimum Gasteiger partial charge on any atom is -0.459 e. The van der Waals surface area contributed by atoms with Crippen molar-refractivity contribution in [2.75, 3.05) is 6.54 Å². The number of carbonyl (C=O) groups excluding carboxylic acids is 3. The average molecular weight is 524 g/mol. The zero-order valence-corrected chi connectivity index (χ0v) is 22.6. The molecule has 0 fully saturated rings. The largest absolute Gasteiger partial charge is 0.459 e. The molecule has 0 bridgehead atoms. The highest BCUT2D eigenvalue weighted by Crippen LogP contribution is 2.27. The summed E-state index contributed by atoms with van der Waals surface area (Å²) in [4.78, 5) is 41.2. The van der Waals surface area contributed by atoms with Crippen LogP contribution in [0.1, 0.15) is 73.8 Å². The maximum absolute atomic E-state index is 13.7. The summed E-state index contributed by atoms with van der Waals surface area (Å²) in [6.07, 6.45) is 1.39. The summed E-state index contributed by atoms with van der Waals surface area (Å²) in [5.41, 5.74) is 2.07. The van der Waals surface area contributed by atoms with Crippen molar-refractivity contribution in [3.8, 4) is 0 Å². The Kier molecular flexibility index (Phi) is 9.16. The molecular formula is C29H34ClN3O4. The molecule has 2 aromatic carbocycles. The number of nitrogens with zero attached hydrogens (tertiary/aromatic N) is 1. The fourth-order valence-electron chi connectivity index (χ4n) is 3.84. The summed E-state index contributed by atoms with van der Waals surface area (Å²) in [5.74, 6) is -0.828. The summed E-state index contributed by atoms with van der Waals surface area (Å²) in [6, 6.07) is 17.0. The van der Waals surface area contributed by atoms with E-state index in [1.54, 1.807) is 18.2 Å². The minimum atomic E-state index is -0.927. The number of nitrogens with one attached hydrogen (secondary N) is 2. The van der Waals surface area contributed by atoms with Crippen molar-refractivity contribution in [2.24, 2.45) is 0 Å². The normalized spacial score (nSPS) is 12.2. The van der Waals surface area contributed by atoms with Gasteiger partial charge in [-0.2, -0.15) is 0 Å². The van der Waals surface area contributed by atoms with Crippen molar-refractivity contribution in [3.63, 3.8) is 0 Å². The van der Waals surface area contributed by atoms with E-state index in [0.29, 0.717) is 16.5 Å². The van der Waals surface area contributed by atoms with Crippen LogP contribution in [0.4, 0.5) is 0 Å². The minimum absolute atomic E-state index is 0.100. The number of carbonyl (C=O) groups is 3. The molecule has 37 heavy (non-hydrogen) atoms. The Morgan fingerprint density at radius 3 is 2.11 bits per heavy atom. The molecule has 3 rings (SSSR count). The fourth-order valence-corrected chi connectivity index (χ4v) is 3.96. The summed E-state index contributed by atoms with van der Waals surface area (Å²) in [6.45, 7) is 9.68. The highest BCUT2D eigenvalue weighted by molar-refractivity contribution is 6.30. The second kappa shape index (κ2) is 12.1. The maximum atomic E-state index is 13.7. The molecule has 7 nitrogen and oxygen atoms in total. The molecule has 0 aliphatic rings. The van der Waals surface area contributed by atoms with E-state index in [2.05, 4.69) is 24.5 Å². The van der Waals surface area contributed by atoms with Gasteiger partial charge in [-0.05, 0) is 67.6 Å². The first-order valence-corrected chi connectivity index (χ1v) is 12.6. The SMILES string of the molecule is CC(C)c1ccc([C@@H](C(=O)NC(C)(C)C)N(Cc2ccc(Cl)cc2)C(=O)CNC(=O)c2ccco2)cc1. The Morgan fingerprint density at radius 1 is 0.946 bits per heavy atom. The van der Waals surface area contributed by atoms with E-state index in [1.165, 1.54) is 17.2 Å². The van der Waals surface area contributed by atoms with Crippen LogP contribution in [0.25, 0.3) is 0 Å². The number of hydrogen-bond acceptors (Lipinski definition) is 4. The third kappa shape index (κ3) is 7.95. The van der Waals surface area contributed by atoms with E-state index in [1.807, 2.05) is 57.2 Å². The number of amides is 3. The molecule has 1 heterocycles. The first-order chi connectivity index (χ1) is 17.4. The molecule has 0 saturated carbocycles. The Bertz CT molecular complexity index is 1200. The molecule has 0 spiro atoms. The van der Waals surface area contributed by atoms with Gasteiger partial charge in [0.25, 0.3) is 5.91 Å². The molecule has 0 aliphatic heterocycles. The zero-order chi connectivity index (χ0) is 27.2. The molecule has 3 aromatic rings. The summed E-state index contributed by atoms with van der Waals surface area (Å²) < 4.78 is 5.12. The lowest BCUT2D eigenvalue weighted by Gasteiger charge is -2.34. The molecule has 1 aromatic heterocycles. The standard InChI is InChI=1S/C29H34ClN3O4/c1-19(2)21-10-12-22(13-11-21)26(28(36)32-29(3,4)5)33(18-20-8-14-23(30)15-9-20)25(34)17-31-27(35)24-7-6-16-37-24/h6-16,19,26H,17-18H2,1-5H3,(H,31,35)(H,32,36)/t26-/m0/s1. The van der Waals surface area contributed by atoms with Crippen LogP contribution in [0.2, 0.25) is 5.02 Å². The van der Waals surface area contributed by atoms with Crippen LogP contribution >= 0.6 is 11.6 Å². The lowest BCUT2D eigenvalue weighted by Crippen LogP contribution is -2.50. The second-order valence-electron chi connectivity index (χ2n) is 10.3. The van der Waals surface area contributed by atoms with Gasteiger partial charge in [0, 0.05) is 17.1 Å². The Balaban J connectivity index is 1.98.